The Labute approximate surface area is 113 Å². The van der Waals surface area contributed by atoms with E-state index in [1.807, 2.05) is 14.0 Å². The Morgan fingerprint density at radius 3 is 2.84 bits per heavy atom. The van der Waals surface area contributed by atoms with Crippen molar-refractivity contribution < 1.29 is 4.92 Å². The van der Waals surface area contributed by atoms with E-state index >= 15 is 0 Å². The summed E-state index contributed by atoms with van der Waals surface area (Å²) >= 11 is 5.64. The van der Waals surface area contributed by atoms with Crippen LogP contribution >= 0.6 is 11.6 Å². The van der Waals surface area contributed by atoms with Crippen LogP contribution in [0.5, 0.6) is 0 Å². The Hall–Kier alpha value is -2.22. The molecule has 100 valence electrons. The van der Waals surface area contributed by atoms with Crippen molar-refractivity contribution in [3.05, 3.63) is 39.0 Å². The van der Waals surface area contributed by atoms with Gasteiger partial charge < -0.3 is 5.32 Å². The van der Waals surface area contributed by atoms with Crippen LogP contribution in [0.4, 0.5) is 11.5 Å². The highest BCUT2D eigenvalue weighted by Gasteiger charge is 2.17. The molecule has 2 rings (SSSR count). The van der Waals surface area contributed by atoms with Gasteiger partial charge in [0.05, 0.1) is 11.1 Å². The van der Waals surface area contributed by atoms with Gasteiger partial charge in [0.1, 0.15) is 6.20 Å². The van der Waals surface area contributed by atoms with Crippen LogP contribution in [0.1, 0.15) is 11.3 Å². The summed E-state index contributed by atoms with van der Waals surface area (Å²) in [4.78, 5) is 17.7. The fraction of sp³-hybridized carbons (Fsp3) is 0.300. The van der Waals surface area contributed by atoms with Crippen LogP contribution in [0.3, 0.4) is 0 Å². The predicted octanol–water partition coefficient (Wildman–Crippen LogP) is 1.69. The Balaban J connectivity index is 2.21. The zero-order chi connectivity index (χ0) is 14.0. The summed E-state index contributed by atoms with van der Waals surface area (Å²) in [6.45, 7) is 2.28. The molecule has 1 N–H and O–H groups in total. The highest BCUT2D eigenvalue weighted by Crippen LogP contribution is 2.22. The smallest absolute Gasteiger partial charge is 0.329 e. The third-order valence-electron chi connectivity index (χ3n) is 2.72. The van der Waals surface area contributed by atoms with Crippen LogP contribution < -0.4 is 5.32 Å². The molecule has 9 heteroatoms. The molecule has 0 aliphatic rings. The van der Waals surface area contributed by atoms with Gasteiger partial charge in [0.25, 0.3) is 0 Å². The van der Waals surface area contributed by atoms with Crippen molar-refractivity contribution in [2.24, 2.45) is 7.05 Å². The average Bonchev–Trinajstić information content (AvgIpc) is 2.67. The van der Waals surface area contributed by atoms with Crippen LogP contribution in [0.15, 0.2) is 12.4 Å². The molecule has 2 aromatic heterocycles. The first kappa shape index (κ1) is 13.2. The molecule has 19 heavy (non-hydrogen) atoms. The first-order chi connectivity index (χ1) is 8.99. The van der Waals surface area contributed by atoms with E-state index in [0.29, 0.717) is 6.54 Å². The number of nitrogens with one attached hydrogen (secondary N) is 1. The van der Waals surface area contributed by atoms with Gasteiger partial charge in [0, 0.05) is 24.8 Å². The lowest BCUT2D eigenvalue weighted by atomic mass is 10.2. The molecular formula is C10H11ClN6O2. The van der Waals surface area contributed by atoms with Gasteiger partial charge in [0.2, 0.25) is 11.1 Å². The van der Waals surface area contributed by atoms with Gasteiger partial charge in [-0.05, 0) is 18.5 Å². The van der Waals surface area contributed by atoms with Crippen molar-refractivity contribution >= 4 is 23.1 Å². The molecule has 0 unspecified atom stereocenters. The molecule has 8 nitrogen and oxygen atoms in total. The number of nitrogens with zero attached hydrogens (tertiary/aromatic N) is 5. The molecule has 0 amide bonds. The van der Waals surface area contributed by atoms with Gasteiger partial charge in [-0.3, -0.25) is 14.8 Å². The van der Waals surface area contributed by atoms with Crippen LogP contribution in [0.2, 0.25) is 5.28 Å². The van der Waals surface area contributed by atoms with Crippen LogP contribution in [-0.4, -0.2) is 24.7 Å². The first-order valence-electron chi connectivity index (χ1n) is 5.37. The summed E-state index contributed by atoms with van der Waals surface area (Å²) in [7, 11) is 1.82. The summed E-state index contributed by atoms with van der Waals surface area (Å²) in [5.74, 6) is 0.0910. The minimum atomic E-state index is -0.561. The zero-order valence-electron chi connectivity index (χ0n) is 10.3. The van der Waals surface area contributed by atoms with Gasteiger partial charge in [-0.1, -0.05) is 0 Å². The summed E-state index contributed by atoms with van der Waals surface area (Å²) < 4.78 is 1.72. The molecule has 0 bridgehead atoms. The quantitative estimate of drug-likeness (QED) is 0.520. The molecule has 0 atom stereocenters. The van der Waals surface area contributed by atoms with Gasteiger partial charge in [0.15, 0.2) is 0 Å². The van der Waals surface area contributed by atoms with Crippen molar-refractivity contribution in [2.75, 3.05) is 5.32 Å². The van der Waals surface area contributed by atoms with E-state index in [-0.39, 0.29) is 16.8 Å². The van der Waals surface area contributed by atoms with E-state index in [1.54, 1.807) is 10.9 Å². The van der Waals surface area contributed by atoms with E-state index in [9.17, 15) is 10.1 Å². The summed E-state index contributed by atoms with van der Waals surface area (Å²) in [6.07, 6.45) is 2.77. The van der Waals surface area contributed by atoms with Crippen molar-refractivity contribution in [3.8, 4) is 0 Å². The van der Waals surface area contributed by atoms with Gasteiger partial charge in [-0.25, -0.2) is 4.98 Å². The molecule has 0 saturated heterocycles. The molecule has 0 fully saturated rings. The molecule has 0 radical (unpaired) electrons. The van der Waals surface area contributed by atoms with Gasteiger partial charge in [-0.2, -0.15) is 10.1 Å². The molecule has 0 spiro atoms. The second-order valence-corrected chi connectivity index (χ2v) is 4.20. The Kier molecular flexibility index (Phi) is 3.61. The van der Waals surface area contributed by atoms with E-state index < -0.39 is 4.92 Å². The fourth-order valence-electron chi connectivity index (χ4n) is 1.51. The van der Waals surface area contributed by atoms with Crippen LogP contribution in [-0.2, 0) is 13.6 Å². The van der Waals surface area contributed by atoms with Crippen molar-refractivity contribution in [1.29, 1.82) is 0 Å². The lowest BCUT2D eigenvalue weighted by Crippen LogP contribution is -2.06. The average molecular weight is 283 g/mol. The van der Waals surface area contributed by atoms with Crippen LogP contribution in [0, 0.1) is 17.0 Å². The number of hydrogen-bond acceptors (Lipinski definition) is 6. The minimum Gasteiger partial charge on any atom is -0.360 e. The molecule has 0 saturated carbocycles. The van der Waals surface area contributed by atoms with E-state index in [1.165, 1.54) is 0 Å². The van der Waals surface area contributed by atoms with E-state index in [0.717, 1.165) is 17.5 Å². The van der Waals surface area contributed by atoms with Crippen molar-refractivity contribution in [2.45, 2.75) is 13.5 Å². The molecule has 0 aromatic carbocycles. The second-order valence-electron chi connectivity index (χ2n) is 3.86. The first-order valence-corrected chi connectivity index (χ1v) is 5.75. The number of hydrogen-bond donors (Lipinski definition) is 1. The third-order valence-corrected chi connectivity index (χ3v) is 2.90. The maximum Gasteiger partial charge on any atom is 0.329 e. The lowest BCUT2D eigenvalue weighted by Gasteiger charge is -2.05. The Morgan fingerprint density at radius 1 is 1.53 bits per heavy atom. The van der Waals surface area contributed by atoms with Gasteiger partial charge >= 0.3 is 5.69 Å². The van der Waals surface area contributed by atoms with Crippen molar-refractivity contribution in [3.63, 3.8) is 0 Å². The maximum absolute atomic E-state index is 10.8. The summed E-state index contributed by atoms with van der Waals surface area (Å²) in [5.41, 5.74) is 1.67. The SMILES string of the molecule is Cc1c(CNc2nc(Cl)ncc2[N+](=O)[O-])cnn1C. The standard InChI is InChI=1S/C10H11ClN6O2/c1-6-7(4-14-16(6)2)3-12-9-8(17(18)19)5-13-10(11)15-9/h4-5H,3H2,1-2H3,(H,12,13,15). The van der Waals surface area contributed by atoms with Crippen molar-refractivity contribution in [1.82, 2.24) is 19.7 Å². The highest BCUT2D eigenvalue weighted by atomic mass is 35.5. The predicted molar refractivity (Wildman–Crippen MR) is 69.0 cm³/mol. The Bertz CT molecular complexity index is 626. The lowest BCUT2D eigenvalue weighted by molar-refractivity contribution is -0.384. The zero-order valence-corrected chi connectivity index (χ0v) is 11.0. The number of rotatable bonds is 4. The second kappa shape index (κ2) is 5.19. The number of aromatic nitrogens is 4. The monoisotopic (exact) mass is 282 g/mol. The number of nitro groups is 1. The number of anilines is 1. The van der Waals surface area contributed by atoms with Gasteiger partial charge in [-0.15, -0.1) is 0 Å². The van der Waals surface area contributed by atoms with Crippen LogP contribution in [0.25, 0.3) is 0 Å². The number of aryl methyl sites for hydroxylation is 1. The summed E-state index contributed by atoms with van der Waals surface area (Å²) in [6, 6.07) is 0. The fourth-order valence-corrected chi connectivity index (χ4v) is 1.65. The maximum atomic E-state index is 10.8. The molecule has 2 aromatic rings. The molecule has 0 aliphatic carbocycles. The Morgan fingerprint density at radius 2 is 2.26 bits per heavy atom. The molecular weight excluding hydrogens is 272 g/mol. The van der Waals surface area contributed by atoms with E-state index in [4.69, 9.17) is 11.6 Å². The normalized spacial score (nSPS) is 10.5. The minimum absolute atomic E-state index is 0.0454. The topological polar surface area (TPSA) is 98.8 Å². The highest BCUT2D eigenvalue weighted by molar-refractivity contribution is 6.28. The van der Waals surface area contributed by atoms with E-state index in [2.05, 4.69) is 20.4 Å². The molecule has 0 aliphatic heterocycles. The molecule has 2 heterocycles. The largest absolute Gasteiger partial charge is 0.360 e. The number of halogens is 1. The summed E-state index contributed by atoms with van der Waals surface area (Å²) in [5, 5.41) is 17.8. The third kappa shape index (κ3) is 2.79.